The van der Waals surface area contributed by atoms with Crippen molar-refractivity contribution in [2.45, 2.75) is 32.6 Å². The number of benzene rings is 1. The molecule has 0 aliphatic carbocycles. The molecule has 2 amide bonds. The van der Waals surface area contributed by atoms with Gasteiger partial charge in [0.1, 0.15) is 0 Å². The number of nitrogens with zero attached hydrogens (tertiary/aromatic N) is 1. The van der Waals surface area contributed by atoms with Crippen molar-refractivity contribution in [3.8, 4) is 0 Å². The molecule has 2 rings (SSSR count). The number of halogens is 2. The number of rotatable bonds is 6. The fraction of sp³-hybridized carbons (Fsp3) is 0.556. The molecule has 1 fully saturated rings. The summed E-state index contributed by atoms with van der Waals surface area (Å²) in [5.41, 5.74) is 1.76. The number of amides is 2. The van der Waals surface area contributed by atoms with Crippen molar-refractivity contribution in [1.29, 1.82) is 0 Å². The summed E-state index contributed by atoms with van der Waals surface area (Å²) in [5, 5.41) is 6.20. The van der Waals surface area contributed by atoms with Crippen LogP contribution < -0.4 is 10.6 Å². The van der Waals surface area contributed by atoms with Crippen LogP contribution in [0.25, 0.3) is 0 Å². The van der Waals surface area contributed by atoms with Gasteiger partial charge in [0.2, 0.25) is 11.8 Å². The van der Waals surface area contributed by atoms with E-state index < -0.39 is 0 Å². The van der Waals surface area contributed by atoms with Crippen LogP contribution in [-0.4, -0.2) is 43.4 Å². The molecule has 140 valence electrons. The molecule has 1 saturated heterocycles. The van der Waals surface area contributed by atoms with Gasteiger partial charge >= 0.3 is 0 Å². The zero-order valence-electron chi connectivity index (χ0n) is 14.8. The third kappa shape index (κ3) is 7.34. The fourth-order valence-corrected chi connectivity index (χ4v) is 3.43. The highest BCUT2D eigenvalue weighted by molar-refractivity contribution is 9.10. The first-order chi connectivity index (χ1) is 11.5. The van der Waals surface area contributed by atoms with Crippen molar-refractivity contribution >= 4 is 45.8 Å². The second kappa shape index (κ2) is 10.8. The van der Waals surface area contributed by atoms with Gasteiger partial charge in [-0.3, -0.25) is 9.59 Å². The number of hydrogen-bond donors (Lipinski definition) is 2. The first kappa shape index (κ1) is 21.9. The maximum absolute atomic E-state index is 12.2. The highest BCUT2D eigenvalue weighted by Crippen LogP contribution is 2.20. The Hall–Kier alpha value is -1.11. The molecule has 0 unspecified atom stereocenters. The van der Waals surface area contributed by atoms with Gasteiger partial charge in [-0.25, -0.2) is 0 Å². The van der Waals surface area contributed by atoms with Crippen LogP contribution in [0.3, 0.4) is 0 Å². The maximum Gasteiger partial charge on any atom is 0.243 e. The molecule has 1 aliphatic heterocycles. The third-order valence-corrected chi connectivity index (χ3v) is 4.99. The van der Waals surface area contributed by atoms with Gasteiger partial charge in [-0.2, -0.15) is 0 Å². The lowest BCUT2D eigenvalue weighted by atomic mass is 9.93. The van der Waals surface area contributed by atoms with Gasteiger partial charge in [-0.05, 0) is 69.0 Å². The van der Waals surface area contributed by atoms with Crippen LogP contribution >= 0.6 is 28.3 Å². The Bertz CT molecular complexity index is 592. The van der Waals surface area contributed by atoms with Crippen molar-refractivity contribution in [2.24, 2.45) is 5.92 Å². The molecule has 1 aromatic rings. The number of carbonyl (C=O) groups is 2. The van der Waals surface area contributed by atoms with Crippen LogP contribution in [0.1, 0.15) is 31.2 Å². The van der Waals surface area contributed by atoms with Gasteiger partial charge in [0.05, 0.1) is 6.54 Å². The van der Waals surface area contributed by atoms with Gasteiger partial charge in [0.15, 0.2) is 0 Å². The van der Waals surface area contributed by atoms with E-state index in [4.69, 9.17) is 0 Å². The number of piperidine rings is 1. The molecular formula is C18H27BrClN3O2. The molecule has 1 aromatic carbocycles. The van der Waals surface area contributed by atoms with Gasteiger partial charge in [0.25, 0.3) is 0 Å². The number of carbonyl (C=O) groups excluding carboxylic acids is 2. The number of aryl methyl sites for hydroxylation is 1. The van der Waals surface area contributed by atoms with Crippen molar-refractivity contribution in [1.82, 2.24) is 10.2 Å². The minimum atomic E-state index is -0.168. The Balaban J connectivity index is 0.00000312. The van der Waals surface area contributed by atoms with E-state index in [-0.39, 0.29) is 30.8 Å². The summed E-state index contributed by atoms with van der Waals surface area (Å²) in [7, 11) is 1.69. The lowest BCUT2D eigenvalue weighted by Crippen LogP contribution is -2.35. The topological polar surface area (TPSA) is 61.4 Å². The van der Waals surface area contributed by atoms with Crippen molar-refractivity contribution in [2.75, 3.05) is 32.0 Å². The van der Waals surface area contributed by atoms with Gasteiger partial charge in [-0.15, -0.1) is 12.4 Å². The van der Waals surface area contributed by atoms with E-state index in [0.29, 0.717) is 12.3 Å². The summed E-state index contributed by atoms with van der Waals surface area (Å²) in [6.45, 7) is 4.11. The second-order valence-corrected chi connectivity index (χ2v) is 7.40. The Morgan fingerprint density at radius 1 is 1.32 bits per heavy atom. The minimum absolute atomic E-state index is 0. The van der Waals surface area contributed by atoms with Crippen LogP contribution in [0, 0.1) is 12.8 Å². The maximum atomic E-state index is 12.2. The summed E-state index contributed by atoms with van der Waals surface area (Å²) >= 11 is 3.40. The highest BCUT2D eigenvalue weighted by Gasteiger charge is 2.18. The Morgan fingerprint density at radius 2 is 2.00 bits per heavy atom. The number of hydrogen-bond acceptors (Lipinski definition) is 3. The summed E-state index contributed by atoms with van der Waals surface area (Å²) in [6, 6.07) is 5.69. The molecule has 0 spiro atoms. The first-order valence-electron chi connectivity index (χ1n) is 8.46. The summed E-state index contributed by atoms with van der Waals surface area (Å²) in [4.78, 5) is 25.9. The predicted molar refractivity (Wildman–Crippen MR) is 107 cm³/mol. The molecule has 0 atom stereocenters. The third-order valence-electron chi connectivity index (χ3n) is 4.49. The summed E-state index contributed by atoms with van der Waals surface area (Å²) in [5.74, 6) is 0.497. The first-order valence-corrected chi connectivity index (χ1v) is 9.25. The number of likely N-dealkylation sites (N-methyl/N-ethyl adjacent to an activating group) is 1. The van der Waals surface area contributed by atoms with E-state index in [9.17, 15) is 9.59 Å². The minimum Gasteiger partial charge on any atom is -0.336 e. The average molecular weight is 433 g/mol. The molecule has 1 aliphatic rings. The second-order valence-electron chi connectivity index (χ2n) is 6.49. The van der Waals surface area contributed by atoms with Gasteiger partial charge in [-0.1, -0.05) is 15.9 Å². The molecule has 7 heteroatoms. The van der Waals surface area contributed by atoms with Crippen molar-refractivity contribution in [3.63, 3.8) is 0 Å². The van der Waals surface area contributed by atoms with Crippen LogP contribution in [0.4, 0.5) is 5.69 Å². The van der Waals surface area contributed by atoms with E-state index in [1.54, 1.807) is 7.05 Å². The predicted octanol–water partition coefficient (Wildman–Crippen LogP) is 3.36. The average Bonchev–Trinajstić information content (AvgIpc) is 2.56. The van der Waals surface area contributed by atoms with Gasteiger partial charge < -0.3 is 15.5 Å². The Kier molecular flexibility index (Phi) is 9.46. The van der Waals surface area contributed by atoms with Crippen LogP contribution in [0.5, 0.6) is 0 Å². The molecule has 2 N–H and O–H groups in total. The molecule has 5 nitrogen and oxygen atoms in total. The molecule has 0 aromatic heterocycles. The lowest BCUT2D eigenvalue weighted by molar-refractivity contribution is -0.133. The molecule has 25 heavy (non-hydrogen) atoms. The molecular weight excluding hydrogens is 406 g/mol. The van der Waals surface area contributed by atoms with Crippen molar-refractivity contribution < 1.29 is 9.59 Å². The fourth-order valence-electron chi connectivity index (χ4n) is 2.95. The largest absolute Gasteiger partial charge is 0.336 e. The lowest BCUT2D eigenvalue weighted by Gasteiger charge is -2.23. The summed E-state index contributed by atoms with van der Waals surface area (Å²) < 4.78 is 0.975. The quantitative estimate of drug-likeness (QED) is 0.724. The van der Waals surface area contributed by atoms with Crippen molar-refractivity contribution in [3.05, 3.63) is 28.2 Å². The Labute approximate surface area is 164 Å². The normalized spacial score (nSPS) is 14.5. The van der Waals surface area contributed by atoms with Crippen LogP contribution in [-0.2, 0) is 9.59 Å². The van der Waals surface area contributed by atoms with Crippen LogP contribution in [0.2, 0.25) is 0 Å². The van der Waals surface area contributed by atoms with E-state index >= 15 is 0 Å². The van der Waals surface area contributed by atoms with Gasteiger partial charge in [0, 0.05) is 23.6 Å². The SMILES string of the molecule is Cc1cc(Br)ccc1NC(=O)CN(C)C(=O)CCC1CCNCC1.Cl. The molecule has 1 heterocycles. The smallest absolute Gasteiger partial charge is 0.243 e. The van der Waals surface area contributed by atoms with E-state index in [1.807, 2.05) is 25.1 Å². The monoisotopic (exact) mass is 431 g/mol. The van der Waals surface area contributed by atoms with Crippen LogP contribution in [0.15, 0.2) is 22.7 Å². The Morgan fingerprint density at radius 3 is 2.64 bits per heavy atom. The van der Waals surface area contributed by atoms with E-state index in [2.05, 4.69) is 26.6 Å². The summed E-state index contributed by atoms with van der Waals surface area (Å²) in [6.07, 6.45) is 3.71. The highest BCUT2D eigenvalue weighted by atomic mass is 79.9. The standard InChI is InChI=1S/C18H26BrN3O2.ClH/c1-13-11-15(19)4-5-16(13)21-17(23)12-22(2)18(24)6-3-14-7-9-20-10-8-14;/h4-5,11,14,20H,3,6-10,12H2,1-2H3,(H,21,23);1H. The van der Waals surface area contributed by atoms with E-state index in [0.717, 1.165) is 48.1 Å². The number of nitrogens with one attached hydrogen (secondary N) is 2. The molecule has 0 saturated carbocycles. The number of anilines is 1. The van der Waals surface area contributed by atoms with E-state index in [1.165, 1.54) is 4.90 Å². The zero-order chi connectivity index (χ0) is 17.5. The zero-order valence-corrected chi connectivity index (χ0v) is 17.2. The molecule has 0 bridgehead atoms. The molecule has 0 radical (unpaired) electrons.